The topological polar surface area (TPSA) is 58.0 Å². The fraction of sp³-hybridized carbons (Fsp3) is 0.231. The van der Waals surface area contributed by atoms with Gasteiger partial charge in [-0.1, -0.05) is 25.4 Å². The molecule has 0 radical (unpaired) electrons. The van der Waals surface area contributed by atoms with Gasteiger partial charge < -0.3 is 10.4 Å². The average Bonchev–Trinajstić information content (AvgIpc) is 2.33. The van der Waals surface area contributed by atoms with Crippen molar-refractivity contribution >= 4 is 23.1 Å². The Morgan fingerprint density at radius 1 is 1.26 bits per heavy atom. The minimum absolute atomic E-state index is 0.135. The standard InChI is InChI=1S/C13H13ClFN3O/c1-7(2)13-17-11(14)6-12(18-13)16-8-3-4-10(19)9(15)5-8/h3-7,19H,1-2H3,(H,16,17,18). The van der Waals surface area contributed by atoms with E-state index in [0.29, 0.717) is 22.5 Å². The van der Waals surface area contributed by atoms with Crippen LogP contribution in [-0.2, 0) is 0 Å². The SMILES string of the molecule is CC(C)c1nc(Cl)cc(Nc2ccc(O)c(F)c2)n1. The van der Waals surface area contributed by atoms with Gasteiger partial charge in [0.25, 0.3) is 0 Å². The summed E-state index contributed by atoms with van der Waals surface area (Å²) < 4.78 is 13.2. The molecule has 0 aliphatic heterocycles. The molecule has 1 aromatic heterocycles. The molecule has 2 N–H and O–H groups in total. The van der Waals surface area contributed by atoms with E-state index in [1.807, 2.05) is 13.8 Å². The Bertz CT molecular complexity index is 604. The van der Waals surface area contributed by atoms with E-state index in [9.17, 15) is 4.39 Å². The van der Waals surface area contributed by atoms with E-state index < -0.39 is 11.6 Å². The Hall–Kier alpha value is -1.88. The molecule has 6 heteroatoms. The maximum atomic E-state index is 13.2. The molecule has 0 unspecified atom stereocenters. The summed E-state index contributed by atoms with van der Waals surface area (Å²) in [4.78, 5) is 8.40. The summed E-state index contributed by atoms with van der Waals surface area (Å²) in [6, 6.07) is 5.55. The predicted molar refractivity (Wildman–Crippen MR) is 72.5 cm³/mol. The molecule has 19 heavy (non-hydrogen) atoms. The predicted octanol–water partition coefficient (Wildman–Crippen LogP) is 3.84. The van der Waals surface area contributed by atoms with Crippen LogP contribution in [0.15, 0.2) is 24.3 Å². The summed E-state index contributed by atoms with van der Waals surface area (Å²) in [7, 11) is 0. The lowest BCUT2D eigenvalue weighted by Gasteiger charge is -2.10. The van der Waals surface area contributed by atoms with E-state index in [1.54, 1.807) is 12.1 Å². The largest absolute Gasteiger partial charge is 0.505 e. The first kappa shape index (κ1) is 13.5. The van der Waals surface area contributed by atoms with Gasteiger partial charge in [-0.2, -0.15) is 0 Å². The fourth-order valence-corrected chi connectivity index (χ4v) is 1.68. The lowest BCUT2D eigenvalue weighted by Crippen LogP contribution is -2.02. The molecule has 0 bridgehead atoms. The molecule has 0 aliphatic rings. The van der Waals surface area contributed by atoms with Crippen LogP contribution in [0.2, 0.25) is 5.15 Å². The number of benzene rings is 1. The number of aromatic hydroxyl groups is 1. The highest BCUT2D eigenvalue weighted by Crippen LogP contribution is 2.24. The van der Waals surface area contributed by atoms with Gasteiger partial charge in [0.05, 0.1) is 0 Å². The van der Waals surface area contributed by atoms with Crippen molar-refractivity contribution in [1.29, 1.82) is 0 Å². The minimum Gasteiger partial charge on any atom is -0.505 e. The van der Waals surface area contributed by atoms with Gasteiger partial charge in [0.2, 0.25) is 0 Å². The highest BCUT2D eigenvalue weighted by Gasteiger charge is 2.08. The molecular formula is C13H13ClFN3O. The number of phenolic OH excluding ortho intramolecular Hbond substituents is 1. The number of phenols is 1. The van der Waals surface area contributed by atoms with E-state index in [1.165, 1.54) is 12.1 Å². The number of nitrogens with one attached hydrogen (secondary N) is 1. The Morgan fingerprint density at radius 2 is 2.00 bits per heavy atom. The second-order valence-electron chi connectivity index (χ2n) is 4.38. The van der Waals surface area contributed by atoms with Gasteiger partial charge in [-0.15, -0.1) is 0 Å². The van der Waals surface area contributed by atoms with Crippen LogP contribution >= 0.6 is 11.6 Å². The van der Waals surface area contributed by atoms with Gasteiger partial charge in [0, 0.05) is 23.7 Å². The summed E-state index contributed by atoms with van der Waals surface area (Å²) in [6.07, 6.45) is 0. The number of aromatic nitrogens is 2. The number of halogens is 2. The lowest BCUT2D eigenvalue weighted by molar-refractivity contribution is 0.432. The summed E-state index contributed by atoms with van der Waals surface area (Å²) in [5, 5.41) is 12.4. The van der Waals surface area contributed by atoms with Gasteiger partial charge in [0.1, 0.15) is 16.8 Å². The zero-order chi connectivity index (χ0) is 14.0. The molecule has 0 saturated heterocycles. The molecule has 2 rings (SSSR count). The van der Waals surface area contributed by atoms with Crippen LogP contribution in [0, 0.1) is 5.82 Å². The van der Waals surface area contributed by atoms with Crippen molar-refractivity contribution in [3.05, 3.63) is 41.1 Å². The molecule has 0 spiro atoms. The van der Waals surface area contributed by atoms with E-state index >= 15 is 0 Å². The zero-order valence-corrected chi connectivity index (χ0v) is 11.2. The molecule has 4 nitrogen and oxygen atoms in total. The number of nitrogens with zero attached hydrogens (tertiary/aromatic N) is 2. The molecule has 2 aromatic rings. The van der Waals surface area contributed by atoms with Gasteiger partial charge in [-0.05, 0) is 12.1 Å². The number of anilines is 2. The first-order chi connectivity index (χ1) is 8.95. The van der Waals surface area contributed by atoms with Crippen molar-refractivity contribution in [1.82, 2.24) is 9.97 Å². The molecular weight excluding hydrogens is 269 g/mol. The molecule has 0 aliphatic carbocycles. The number of rotatable bonds is 3. The third-order valence-electron chi connectivity index (χ3n) is 2.45. The molecule has 1 heterocycles. The van der Waals surface area contributed by atoms with E-state index in [2.05, 4.69) is 15.3 Å². The van der Waals surface area contributed by atoms with Crippen LogP contribution < -0.4 is 5.32 Å². The molecule has 0 saturated carbocycles. The van der Waals surface area contributed by atoms with Crippen molar-refractivity contribution < 1.29 is 9.50 Å². The van der Waals surface area contributed by atoms with Crippen LogP contribution in [0.5, 0.6) is 5.75 Å². The second kappa shape index (κ2) is 5.40. The Balaban J connectivity index is 2.29. The fourth-order valence-electron chi connectivity index (χ4n) is 1.49. The number of hydrogen-bond acceptors (Lipinski definition) is 4. The van der Waals surface area contributed by atoms with Gasteiger partial charge in [-0.3, -0.25) is 0 Å². The van der Waals surface area contributed by atoms with Crippen molar-refractivity contribution in [2.75, 3.05) is 5.32 Å². The van der Waals surface area contributed by atoms with Crippen LogP contribution in [0.3, 0.4) is 0 Å². The maximum Gasteiger partial charge on any atom is 0.166 e. The third-order valence-corrected chi connectivity index (χ3v) is 2.64. The Labute approximate surface area is 115 Å². The number of hydrogen-bond donors (Lipinski definition) is 2. The normalized spacial score (nSPS) is 10.8. The summed E-state index contributed by atoms with van der Waals surface area (Å²) in [6.45, 7) is 3.91. The van der Waals surface area contributed by atoms with Crippen molar-refractivity contribution in [3.63, 3.8) is 0 Å². The van der Waals surface area contributed by atoms with Gasteiger partial charge >= 0.3 is 0 Å². The Kier molecular flexibility index (Phi) is 3.85. The average molecular weight is 282 g/mol. The third kappa shape index (κ3) is 3.32. The highest BCUT2D eigenvalue weighted by molar-refractivity contribution is 6.29. The molecule has 0 fully saturated rings. The molecule has 0 amide bonds. The van der Waals surface area contributed by atoms with Crippen LogP contribution in [0.25, 0.3) is 0 Å². The second-order valence-corrected chi connectivity index (χ2v) is 4.77. The molecule has 100 valence electrons. The van der Waals surface area contributed by atoms with E-state index in [0.717, 1.165) is 0 Å². The monoisotopic (exact) mass is 281 g/mol. The van der Waals surface area contributed by atoms with Crippen LogP contribution in [-0.4, -0.2) is 15.1 Å². The van der Waals surface area contributed by atoms with Gasteiger partial charge in [-0.25, -0.2) is 14.4 Å². The van der Waals surface area contributed by atoms with Crippen LogP contribution in [0.4, 0.5) is 15.9 Å². The summed E-state index contributed by atoms with van der Waals surface area (Å²) >= 11 is 5.91. The van der Waals surface area contributed by atoms with Crippen LogP contribution in [0.1, 0.15) is 25.6 Å². The smallest absolute Gasteiger partial charge is 0.166 e. The highest BCUT2D eigenvalue weighted by atomic mass is 35.5. The van der Waals surface area contributed by atoms with E-state index in [-0.39, 0.29) is 5.92 Å². The maximum absolute atomic E-state index is 13.2. The first-order valence-corrected chi connectivity index (χ1v) is 6.13. The zero-order valence-electron chi connectivity index (χ0n) is 10.5. The lowest BCUT2D eigenvalue weighted by atomic mass is 10.2. The molecule has 0 atom stereocenters. The van der Waals surface area contributed by atoms with Crippen molar-refractivity contribution in [3.8, 4) is 5.75 Å². The van der Waals surface area contributed by atoms with Gasteiger partial charge in [0.15, 0.2) is 11.6 Å². The van der Waals surface area contributed by atoms with E-state index in [4.69, 9.17) is 16.7 Å². The Morgan fingerprint density at radius 3 is 2.63 bits per heavy atom. The van der Waals surface area contributed by atoms with Crippen molar-refractivity contribution in [2.24, 2.45) is 0 Å². The summed E-state index contributed by atoms with van der Waals surface area (Å²) in [5.74, 6) is 0.127. The minimum atomic E-state index is -0.700. The van der Waals surface area contributed by atoms with Crippen molar-refractivity contribution in [2.45, 2.75) is 19.8 Å². The summed E-state index contributed by atoms with van der Waals surface area (Å²) in [5.41, 5.74) is 0.472. The first-order valence-electron chi connectivity index (χ1n) is 5.75. The molecule has 1 aromatic carbocycles. The quantitative estimate of drug-likeness (QED) is 0.663.